The van der Waals surface area contributed by atoms with E-state index < -0.39 is 12.8 Å². The van der Waals surface area contributed by atoms with E-state index in [2.05, 4.69) is 11.1 Å². The monoisotopic (exact) mass is 369 g/mol. The van der Waals surface area contributed by atoms with E-state index in [0.717, 1.165) is 21.4 Å². The first-order valence-electron chi connectivity index (χ1n) is 7.20. The second kappa shape index (κ2) is 7.53. The highest BCUT2D eigenvalue weighted by Crippen LogP contribution is 2.35. The third kappa shape index (κ3) is 4.95. The molecule has 0 unspecified atom stereocenters. The Morgan fingerprint density at radius 3 is 2.79 bits per heavy atom. The normalized spacial score (nSPS) is 14.0. The van der Waals surface area contributed by atoms with Crippen molar-refractivity contribution in [2.24, 2.45) is 4.99 Å². The van der Waals surface area contributed by atoms with Gasteiger partial charge in [-0.05, 0) is 29.3 Å². The van der Waals surface area contributed by atoms with Gasteiger partial charge in [-0.3, -0.25) is 0 Å². The predicted octanol–water partition coefficient (Wildman–Crippen LogP) is 5.80. The van der Waals surface area contributed by atoms with Crippen LogP contribution in [0.25, 0.3) is 0 Å². The molecule has 0 aliphatic carbocycles. The Hall–Kier alpha value is -1.60. The van der Waals surface area contributed by atoms with Crippen molar-refractivity contribution in [2.75, 3.05) is 6.61 Å². The number of fused-ring (bicyclic) bond motifs is 1. The van der Waals surface area contributed by atoms with Gasteiger partial charge in [-0.15, -0.1) is 0 Å². The first kappa shape index (κ1) is 17.2. The zero-order valence-corrected chi connectivity index (χ0v) is 14.2. The molecule has 1 aliphatic rings. The predicted molar refractivity (Wildman–Crippen MR) is 94.1 cm³/mol. The summed E-state index contributed by atoms with van der Waals surface area (Å²) in [6.45, 7) is -1.27. The Morgan fingerprint density at radius 2 is 1.96 bits per heavy atom. The maximum Gasteiger partial charge on any atom is 0.422 e. The zero-order chi connectivity index (χ0) is 17.0. The molecule has 0 saturated carbocycles. The molecule has 0 N–H and O–H groups in total. The minimum atomic E-state index is -4.33. The topological polar surface area (TPSA) is 21.6 Å². The molecule has 1 aliphatic heterocycles. The molecule has 0 spiro atoms. The molecule has 0 aromatic heterocycles. The highest BCUT2D eigenvalue weighted by molar-refractivity contribution is 8.38. The van der Waals surface area contributed by atoms with E-state index in [1.54, 1.807) is 35.7 Å². The van der Waals surface area contributed by atoms with Crippen molar-refractivity contribution in [3.05, 3.63) is 59.7 Å². The van der Waals surface area contributed by atoms with Crippen molar-refractivity contribution in [1.29, 1.82) is 0 Å². The lowest BCUT2D eigenvalue weighted by Gasteiger charge is -2.14. The summed E-state index contributed by atoms with van der Waals surface area (Å²) in [6.07, 6.45) is -4.33. The van der Waals surface area contributed by atoms with E-state index in [0.29, 0.717) is 5.75 Å². The first-order valence-corrected chi connectivity index (χ1v) is 9.17. The van der Waals surface area contributed by atoms with Gasteiger partial charge < -0.3 is 4.74 Å². The van der Waals surface area contributed by atoms with Crippen molar-refractivity contribution in [3.8, 4) is 5.75 Å². The summed E-state index contributed by atoms with van der Waals surface area (Å²) >= 11 is 3.26. The number of hydrogen-bond donors (Lipinski definition) is 0. The van der Waals surface area contributed by atoms with Gasteiger partial charge in [0.2, 0.25) is 0 Å². The van der Waals surface area contributed by atoms with Crippen LogP contribution in [0.15, 0.2) is 53.5 Å². The van der Waals surface area contributed by atoms with Crippen molar-refractivity contribution in [1.82, 2.24) is 0 Å². The lowest BCUT2D eigenvalue weighted by atomic mass is 10.2. The number of thioether (sulfide) groups is 2. The molecule has 0 amide bonds. The molecular formula is C17H14F3NOS2. The maximum absolute atomic E-state index is 12.2. The Morgan fingerprint density at radius 1 is 1.12 bits per heavy atom. The standard InChI is InChI=1S/C17H14F3NOS2/c18-17(19,20)11-22-14-6-3-4-12(8-14)9-23-16-21-15-7-2-1-5-13(15)10-24-16/h1-8H,9-11H2. The average molecular weight is 369 g/mol. The van der Waals surface area contributed by atoms with Gasteiger partial charge in [-0.1, -0.05) is 53.9 Å². The summed E-state index contributed by atoms with van der Waals surface area (Å²) in [5.41, 5.74) is 3.11. The summed E-state index contributed by atoms with van der Waals surface area (Å²) in [4.78, 5) is 4.61. The highest BCUT2D eigenvalue weighted by atomic mass is 32.2. The Labute approximate surface area is 146 Å². The number of para-hydroxylation sites is 1. The summed E-state index contributed by atoms with van der Waals surface area (Å²) in [6, 6.07) is 14.8. The lowest BCUT2D eigenvalue weighted by Crippen LogP contribution is -2.19. The molecule has 1 heterocycles. The molecule has 0 bridgehead atoms. The molecule has 7 heteroatoms. The van der Waals surface area contributed by atoms with Crippen LogP contribution in [0.2, 0.25) is 0 Å². The van der Waals surface area contributed by atoms with Crippen LogP contribution in [-0.4, -0.2) is 17.2 Å². The van der Waals surface area contributed by atoms with Crippen LogP contribution in [0, 0.1) is 0 Å². The Bertz CT molecular complexity index is 747. The SMILES string of the molecule is FC(F)(F)COc1cccc(CSC2=Nc3ccccc3CS2)c1. The summed E-state index contributed by atoms with van der Waals surface area (Å²) in [7, 11) is 0. The molecule has 0 fully saturated rings. The van der Waals surface area contributed by atoms with Gasteiger partial charge in [-0.2, -0.15) is 13.2 Å². The van der Waals surface area contributed by atoms with Crippen molar-refractivity contribution >= 4 is 33.6 Å². The number of ether oxygens (including phenoxy) is 1. The van der Waals surface area contributed by atoms with Gasteiger partial charge in [0.15, 0.2) is 6.61 Å². The third-order valence-electron chi connectivity index (χ3n) is 3.22. The molecule has 24 heavy (non-hydrogen) atoms. The summed E-state index contributed by atoms with van der Waals surface area (Å²) in [5.74, 6) is 1.75. The maximum atomic E-state index is 12.2. The van der Waals surface area contributed by atoms with Crippen molar-refractivity contribution in [2.45, 2.75) is 17.7 Å². The first-order chi connectivity index (χ1) is 11.5. The number of nitrogens with zero attached hydrogens (tertiary/aromatic N) is 1. The Kier molecular flexibility index (Phi) is 5.40. The van der Waals surface area contributed by atoms with Crippen LogP contribution in [0.1, 0.15) is 11.1 Å². The average Bonchev–Trinajstić information content (AvgIpc) is 2.58. The number of halogens is 3. The molecule has 2 aromatic carbocycles. The molecular weight excluding hydrogens is 355 g/mol. The second-order valence-corrected chi connectivity index (χ2v) is 7.32. The summed E-state index contributed by atoms with van der Waals surface area (Å²) < 4.78 is 42.4. The van der Waals surface area contributed by atoms with E-state index in [1.165, 1.54) is 11.6 Å². The fourth-order valence-electron chi connectivity index (χ4n) is 2.12. The zero-order valence-electron chi connectivity index (χ0n) is 12.5. The largest absolute Gasteiger partial charge is 0.484 e. The number of benzene rings is 2. The van der Waals surface area contributed by atoms with E-state index >= 15 is 0 Å². The fraction of sp³-hybridized carbons (Fsp3) is 0.235. The molecule has 0 radical (unpaired) electrons. The van der Waals surface area contributed by atoms with Gasteiger partial charge in [0.1, 0.15) is 10.1 Å². The molecule has 0 atom stereocenters. The van der Waals surface area contributed by atoms with Gasteiger partial charge in [0.05, 0.1) is 5.69 Å². The van der Waals surface area contributed by atoms with E-state index in [9.17, 15) is 13.2 Å². The van der Waals surface area contributed by atoms with Crippen LogP contribution in [0.4, 0.5) is 18.9 Å². The number of rotatable bonds is 4. The Balaban J connectivity index is 1.60. The quantitative estimate of drug-likeness (QED) is 0.680. The van der Waals surface area contributed by atoms with Crippen LogP contribution < -0.4 is 4.74 Å². The number of hydrogen-bond acceptors (Lipinski definition) is 4. The fourth-order valence-corrected chi connectivity index (χ4v) is 4.13. The van der Waals surface area contributed by atoms with Crippen molar-refractivity contribution in [3.63, 3.8) is 0 Å². The van der Waals surface area contributed by atoms with Crippen LogP contribution in [-0.2, 0) is 11.5 Å². The molecule has 2 nitrogen and oxygen atoms in total. The van der Waals surface area contributed by atoms with Crippen LogP contribution in [0.5, 0.6) is 5.75 Å². The second-order valence-electron chi connectivity index (χ2n) is 5.14. The molecule has 126 valence electrons. The van der Waals surface area contributed by atoms with Crippen LogP contribution in [0.3, 0.4) is 0 Å². The minimum Gasteiger partial charge on any atom is -0.484 e. The minimum absolute atomic E-state index is 0.231. The van der Waals surface area contributed by atoms with Gasteiger partial charge >= 0.3 is 6.18 Å². The van der Waals surface area contributed by atoms with Crippen LogP contribution >= 0.6 is 23.5 Å². The lowest BCUT2D eigenvalue weighted by molar-refractivity contribution is -0.153. The van der Waals surface area contributed by atoms with Crippen molar-refractivity contribution < 1.29 is 17.9 Å². The van der Waals surface area contributed by atoms with Gasteiger partial charge in [0.25, 0.3) is 0 Å². The van der Waals surface area contributed by atoms with Gasteiger partial charge in [0, 0.05) is 11.5 Å². The van der Waals surface area contributed by atoms with E-state index in [1.807, 2.05) is 24.3 Å². The number of alkyl halides is 3. The van der Waals surface area contributed by atoms with Gasteiger partial charge in [-0.25, -0.2) is 4.99 Å². The molecule has 3 rings (SSSR count). The van der Waals surface area contributed by atoms with E-state index in [-0.39, 0.29) is 5.75 Å². The highest BCUT2D eigenvalue weighted by Gasteiger charge is 2.28. The number of aliphatic imine (C=N–C) groups is 1. The summed E-state index contributed by atoms with van der Waals surface area (Å²) in [5, 5.41) is 0. The van der Waals surface area contributed by atoms with E-state index in [4.69, 9.17) is 4.74 Å². The molecule has 0 saturated heterocycles. The third-order valence-corrected chi connectivity index (χ3v) is 5.53. The molecule has 2 aromatic rings. The smallest absolute Gasteiger partial charge is 0.422 e.